The van der Waals surface area contributed by atoms with Crippen LogP contribution in [0.25, 0.3) is 16.9 Å². The number of nitrogens with zero attached hydrogens (tertiary/aromatic N) is 5. The van der Waals surface area contributed by atoms with E-state index in [4.69, 9.17) is 0 Å². The van der Waals surface area contributed by atoms with Crippen LogP contribution in [-0.4, -0.2) is 25.2 Å². The molecule has 0 atom stereocenters. The van der Waals surface area contributed by atoms with Crippen LogP contribution < -0.4 is 0 Å². The summed E-state index contributed by atoms with van der Waals surface area (Å²) in [7, 11) is 0. The van der Waals surface area contributed by atoms with E-state index in [0.717, 1.165) is 25.8 Å². The van der Waals surface area contributed by atoms with Crippen LogP contribution in [0.15, 0.2) is 73.9 Å². The number of tetrazole rings is 1. The molecule has 0 unspecified atom stereocenters. The highest BCUT2D eigenvalue weighted by Gasteiger charge is 2.13. The zero-order chi connectivity index (χ0) is 16.4. The maximum absolute atomic E-state index is 4.67. The Balaban J connectivity index is 1.60. The molecule has 118 valence electrons. The molecule has 0 radical (unpaired) electrons. The predicted molar refractivity (Wildman–Crippen MR) is 98.5 cm³/mol. The molecular weight excluding hydrogens is 406 g/mol. The molecule has 0 saturated carbocycles. The van der Waals surface area contributed by atoms with Crippen LogP contribution >= 0.6 is 39.0 Å². The molecule has 0 spiro atoms. The van der Waals surface area contributed by atoms with E-state index >= 15 is 0 Å². The Morgan fingerprint density at radius 3 is 2.58 bits per heavy atom. The lowest BCUT2D eigenvalue weighted by molar-refractivity contribution is 0.756. The molecule has 2 aromatic carbocycles. The molecule has 4 rings (SSSR count). The fraction of sp³-hybridized carbons (Fsp3) is 0. The molecular formula is C16H10BrN5S2. The van der Waals surface area contributed by atoms with Crippen LogP contribution in [0.5, 0.6) is 0 Å². The lowest BCUT2D eigenvalue weighted by Gasteiger charge is -2.02. The van der Waals surface area contributed by atoms with Crippen LogP contribution in [0.2, 0.25) is 0 Å². The van der Waals surface area contributed by atoms with Crippen molar-refractivity contribution >= 4 is 39.0 Å². The molecule has 0 bridgehead atoms. The van der Waals surface area contributed by atoms with Gasteiger partial charge in [0.15, 0.2) is 4.34 Å². The van der Waals surface area contributed by atoms with E-state index < -0.39 is 0 Å². The summed E-state index contributed by atoms with van der Waals surface area (Å²) in [4.78, 5) is 4.67. The van der Waals surface area contributed by atoms with Crippen LogP contribution in [0.3, 0.4) is 0 Å². The van der Waals surface area contributed by atoms with Crippen LogP contribution in [0, 0.1) is 0 Å². The van der Waals surface area contributed by atoms with Crippen molar-refractivity contribution in [1.82, 2.24) is 25.2 Å². The van der Waals surface area contributed by atoms with Crippen molar-refractivity contribution in [2.75, 3.05) is 0 Å². The average molecular weight is 416 g/mol. The standard InChI is InChI=1S/C16H10BrN5S2/c17-12-6-8-13(9-7-12)22-15(19-20-21-22)24-16-18-14(10-23-16)11-4-2-1-3-5-11/h1-10H. The lowest BCUT2D eigenvalue weighted by Crippen LogP contribution is -1.98. The molecule has 0 saturated heterocycles. The lowest BCUT2D eigenvalue weighted by atomic mass is 10.2. The smallest absolute Gasteiger partial charge is 0.221 e. The van der Waals surface area contributed by atoms with Crippen molar-refractivity contribution < 1.29 is 0 Å². The molecule has 2 aromatic heterocycles. The maximum Gasteiger partial charge on any atom is 0.221 e. The average Bonchev–Trinajstić information content (AvgIpc) is 3.27. The predicted octanol–water partition coefficient (Wildman–Crippen LogP) is 4.70. The number of thiazole rings is 1. The summed E-state index contributed by atoms with van der Waals surface area (Å²) in [6.45, 7) is 0. The van der Waals surface area contributed by atoms with Crippen LogP contribution in [-0.2, 0) is 0 Å². The molecule has 0 aliphatic rings. The summed E-state index contributed by atoms with van der Waals surface area (Å²) in [5, 5.41) is 14.7. The van der Waals surface area contributed by atoms with Crippen molar-refractivity contribution in [2.45, 2.75) is 9.50 Å². The molecule has 8 heteroatoms. The number of halogens is 1. The second kappa shape index (κ2) is 6.84. The summed E-state index contributed by atoms with van der Waals surface area (Å²) in [5.41, 5.74) is 2.98. The van der Waals surface area contributed by atoms with Gasteiger partial charge in [0.1, 0.15) is 0 Å². The maximum atomic E-state index is 4.67. The molecule has 0 amide bonds. The van der Waals surface area contributed by atoms with Gasteiger partial charge >= 0.3 is 0 Å². The summed E-state index contributed by atoms with van der Waals surface area (Å²) >= 11 is 6.47. The number of aromatic nitrogens is 5. The van der Waals surface area contributed by atoms with Gasteiger partial charge in [0, 0.05) is 15.4 Å². The molecule has 4 aromatic rings. The first-order chi connectivity index (χ1) is 11.8. The van der Waals surface area contributed by atoms with Gasteiger partial charge in [0.05, 0.1) is 11.4 Å². The van der Waals surface area contributed by atoms with Gasteiger partial charge in [0.25, 0.3) is 0 Å². The van der Waals surface area contributed by atoms with Crippen LogP contribution in [0.1, 0.15) is 0 Å². The Labute approximate surface area is 154 Å². The quantitative estimate of drug-likeness (QED) is 0.483. The Morgan fingerprint density at radius 2 is 1.79 bits per heavy atom. The molecule has 5 nitrogen and oxygen atoms in total. The van der Waals surface area contributed by atoms with Crippen molar-refractivity contribution in [1.29, 1.82) is 0 Å². The third-order valence-electron chi connectivity index (χ3n) is 3.24. The zero-order valence-corrected chi connectivity index (χ0v) is 15.4. The fourth-order valence-electron chi connectivity index (χ4n) is 2.11. The van der Waals surface area contributed by atoms with E-state index in [1.165, 1.54) is 11.8 Å². The minimum atomic E-state index is 0.686. The number of hydrogen-bond acceptors (Lipinski definition) is 6. The first-order valence-corrected chi connectivity index (χ1v) is 9.51. The van der Waals surface area contributed by atoms with Gasteiger partial charge in [-0.15, -0.1) is 16.4 Å². The molecule has 0 fully saturated rings. The third-order valence-corrected chi connectivity index (χ3v) is 5.65. The first kappa shape index (κ1) is 15.5. The van der Waals surface area contributed by atoms with Crippen molar-refractivity contribution in [3.8, 4) is 16.9 Å². The van der Waals surface area contributed by atoms with Crippen molar-refractivity contribution in [2.24, 2.45) is 0 Å². The van der Waals surface area contributed by atoms with E-state index in [9.17, 15) is 0 Å². The monoisotopic (exact) mass is 415 g/mol. The summed E-state index contributed by atoms with van der Waals surface area (Å²) in [6.07, 6.45) is 0. The fourth-order valence-corrected chi connectivity index (χ4v) is 4.09. The van der Waals surface area contributed by atoms with E-state index in [-0.39, 0.29) is 0 Å². The number of rotatable bonds is 4. The SMILES string of the molecule is Brc1ccc(-n2nnnc2Sc2nc(-c3ccccc3)cs2)cc1. The van der Waals surface area contributed by atoms with E-state index in [1.54, 1.807) is 16.0 Å². The second-order valence-corrected chi connectivity index (χ2v) is 7.80. The minimum Gasteiger partial charge on any atom is -0.229 e. The Hall–Kier alpha value is -2.03. The summed E-state index contributed by atoms with van der Waals surface area (Å²) in [6, 6.07) is 18.0. The molecule has 2 heterocycles. The van der Waals surface area contributed by atoms with Gasteiger partial charge in [-0.2, -0.15) is 4.68 Å². The van der Waals surface area contributed by atoms with E-state index in [2.05, 4.69) is 48.6 Å². The van der Waals surface area contributed by atoms with Gasteiger partial charge in [-0.3, -0.25) is 0 Å². The highest BCUT2D eigenvalue weighted by molar-refractivity contribution is 9.10. The Bertz CT molecular complexity index is 950. The third kappa shape index (κ3) is 3.26. The number of hydrogen-bond donors (Lipinski definition) is 0. The van der Waals surface area contributed by atoms with Gasteiger partial charge in [-0.05, 0) is 46.5 Å². The normalized spacial score (nSPS) is 10.9. The number of benzene rings is 2. The van der Waals surface area contributed by atoms with Crippen molar-refractivity contribution in [3.63, 3.8) is 0 Å². The molecule has 0 aliphatic heterocycles. The van der Waals surface area contributed by atoms with E-state index in [1.807, 2.05) is 47.8 Å². The largest absolute Gasteiger partial charge is 0.229 e. The van der Waals surface area contributed by atoms with Crippen LogP contribution in [0.4, 0.5) is 0 Å². The second-order valence-electron chi connectivity index (χ2n) is 4.82. The van der Waals surface area contributed by atoms with Gasteiger partial charge in [0.2, 0.25) is 5.16 Å². The highest BCUT2D eigenvalue weighted by atomic mass is 79.9. The molecule has 0 aliphatic carbocycles. The Morgan fingerprint density at radius 1 is 1.00 bits per heavy atom. The topological polar surface area (TPSA) is 56.5 Å². The molecule has 0 N–H and O–H groups in total. The van der Waals surface area contributed by atoms with Crippen molar-refractivity contribution in [3.05, 3.63) is 64.5 Å². The van der Waals surface area contributed by atoms with Gasteiger partial charge in [-0.1, -0.05) is 46.3 Å². The minimum absolute atomic E-state index is 0.686. The molecule has 24 heavy (non-hydrogen) atoms. The first-order valence-electron chi connectivity index (χ1n) is 7.03. The summed E-state index contributed by atoms with van der Waals surface area (Å²) < 4.78 is 3.63. The Kier molecular flexibility index (Phi) is 4.42. The van der Waals surface area contributed by atoms with Gasteiger partial charge in [-0.25, -0.2) is 4.98 Å². The van der Waals surface area contributed by atoms with E-state index in [0.29, 0.717) is 5.16 Å². The summed E-state index contributed by atoms with van der Waals surface area (Å²) in [5.74, 6) is 0. The zero-order valence-electron chi connectivity index (χ0n) is 12.2. The van der Waals surface area contributed by atoms with Gasteiger partial charge < -0.3 is 0 Å². The highest BCUT2D eigenvalue weighted by Crippen LogP contribution is 2.32.